The van der Waals surface area contributed by atoms with E-state index in [0.717, 1.165) is 4.68 Å². The number of carbonyl (C=O) groups excluding carboxylic acids is 1. The molecule has 1 aliphatic heterocycles. The minimum absolute atomic E-state index is 0.0197. The fourth-order valence-electron chi connectivity index (χ4n) is 3.77. The third-order valence-electron chi connectivity index (χ3n) is 5.44. The number of carbonyl (C=O) groups is 1. The highest BCUT2D eigenvalue weighted by atomic mass is 19.1. The molecule has 0 fully saturated rings. The van der Waals surface area contributed by atoms with E-state index in [9.17, 15) is 14.0 Å². The molecule has 3 aromatic heterocycles. The van der Waals surface area contributed by atoms with E-state index in [2.05, 4.69) is 20.7 Å². The number of benzene rings is 2. The first-order valence-electron chi connectivity index (χ1n) is 10.3. The van der Waals surface area contributed by atoms with E-state index in [0.29, 0.717) is 52.6 Å². The Morgan fingerprint density at radius 1 is 1.00 bits per heavy atom. The van der Waals surface area contributed by atoms with E-state index in [1.807, 2.05) is 0 Å². The topological polar surface area (TPSA) is 113 Å². The summed E-state index contributed by atoms with van der Waals surface area (Å²) in [5.41, 5.74) is 4.47. The lowest BCUT2D eigenvalue weighted by molar-refractivity contribution is 0.101. The van der Waals surface area contributed by atoms with Crippen molar-refractivity contribution >= 4 is 22.6 Å². The molecule has 168 valence electrons. The van der Waals surface area contributed by atoms with Crippen LogP contribution in [0, 0.1) is 5.82 Å². The molecule has 4 heterocycles. The number of hydrogen-bond donors (Lipinski definition) is 1. The maximum absolute atomic E-state index is 13.3. The second-order valence-corrected chi connectivity index (χ2v) is 7.52. The second-order valence-electron chi connectivity index (χ2n) is 7.52. The van der Waals surface area contributed by atoms with Crippen molar-refractivity contribution < 1.29 is 18.7 Å². The number of amides is 1. The summed E-state index contributed by atoms with van der Waals surface area (Å²) in [5, 5.41) is 12.6. The largest absolute Gasteiger partial charge is 0.486 e. The molecular formula is C23H15FN6O4. The average Bonchev–Trinajstić information content (AvgIpc) is 3.30. The molecule has 1 amide bonds. The number of fused-ring (bicyclic) bond motifs is 4. The zero-order chi connectivity index (χ0) is 23.2. The predicted molar refractivity (Wildman–Crippen MR) is 119 cm³/mol. The van der Waals surface area contributed by atoms with Crippen molar-refractivity contribution in [3.8, 4) is 22.6 Å². The Morgan fingerprint density at radius 2 is 1.79 bits per heavy atom. The Labute approximate surface area is 190 Å². The van der Waals surface area contributed by atoms with E-state index in [1.165, 1.54) is 22.8 Å². The van der Waals surface area contributed by atoms with Gasteiger partial charge < -0.3 is 9.47 Å². The quantitative estimate of drug-likeness (QED) is 0.442. The fraction of sp³-hybridized carbons (Fsp3) is 0.0870. The number of nitrogens with one attached hydrogen (secondary N) is 1. The molecular weight excluding hydrogens is 443 g/mol. The fourth-order valence-corrected chi connectivity index (χ4v) is 3.77. The normalized spacial score (nSPS) is 12.7. The minimum Gasteiger partial charge on any atom is -0.486 e. The summed E-state index contributed by atoms with van der Waals surface area (Å²) in [6.07, 6.45) is 2.99. The van der Waals surface area contributed by atoms with Gasteiger partial charge in [0.1, 0.15) is 24.5 Å². The lowest BCUT2D eigenvalue weighted by Crippen LogP contribution is -2.33. The first-order valence-corrected chi connectivity index (χ1v) is 10.3. The Kier molecular flexibility index (Phi) is 4.47. The van der Waals surface area contributed by atoms with Crippen LogP contribution in [0.1, 0.15) is 10.4 Å². The van der Waals surface area contributed by atoms with Crippen LogP contribution < -0.4 is 20.5 Å². The zero-order valence-corrected chi connectivity index (χ0v) is 17.4. The van der Waals surface area contributed by atoms with Gasteiger partial charge in [0.2, 0.25) is 0 Å². The summed E-state index contributed by atoms with van der Waals surface area (Å²) < 4.78 is 26.8. The summed E-state index contributed by atoms with van der Waals surface area (Å²) in [4.78, 5) is 25.7. The SMILES string of the molecule is O=C(Nn1ccc2c(nnc3c(-c4ccc(F)cc4)cnn32)c1=O)c1ccc2c(c1)OCCO2. The zero-order valence-electron chi connectivity index (χ0n) is 17.4. The smallest absolute Gasteiger partial charge is 0.299 e. The molecule has 34 heavy (non-hydrogen) atoms. The van der Waals surface area contributed by atoms with Crippen molar-refractivity contribution in [3.63, 3.8) is 0 Å². The van der Waals surface area contributed by atoms with Crippen molar-refractivity contribution in [1.82, 2.24) is 24.5 Å². The molecule has 11 heteroatoms. The van der Waals surface area contributed by atoms with Gasteiger partial charge in [0, 0.05) is 17.3 Å². The van der Waals surface area contributed by atoms with Crippen LogP contribution in [0.5, 0.6) is 11.5 Å². The number of aromatic nitrogens is 5. The standard InChI is InChI=1S/C23H15FN6O4/c24-15-4-1-13(2-5-15)16-12-25-30-17-7-8-29(23(32)20(17)26-27-21(16)30)28-22(31)14-3-6-18-19(11-14)34-10-9-33-18/h1-8,11-12H,9-10H2,(H,28,31). The Hall–Kier alpha value is -4.80. The molecule has 0 saturated carbocycles. The molecule has 0 bridgehead atoms. The monoisotopic (exact) mass is 458 g/mol. The van der Waals surface area contributed by atoms with Crippen LogP contribution in [0.2, 0.25) is 0 Å². The van der Waals surface area contributed by atoms with Crippen LogP contribution in [-0.4, -0.2) is 43.6 Å². The van der Waals surface area contributed by atoms with Gasteiger partial charge in [0.15, 0.2) is 22.7 Å². The van der Waals surface area contributed by atoms with E-state index in [-0.39, 0.29) is 11.3 Å². The van der Waals surface area contributed by atoms with Crippen molar-refractivity contribution in [1.29, 1.82) is 0 Å². The molecule has 0 aliphatic carbocycles. The van der Waals surface area contributed by atoms with Gasteiger partial charge >= 0.3 is 0 Å². The van der Waals surface area contributed by atoms with Gasteiger partial charge in [-0.2, -0.15) is 5.10 Å². The van der Waals surface area contributed by atoms with Crippen molar-refractivity contribution in [2.24, 2.45) is 0 Å². The Balaban J connectivity index is 1.35. The number of ether oxygens (including phenoxy) is 2. The summed E-state index contributed by atoms with van der Waals surface area (Å²) in [6, 6.07) is 12.3. The average molecular weight is 458 g/mol. The van der Waals surface area contributed by atoms with Gasteiger partial charge in [-0.3, -0.25) is 15.0 Å². The van der Waals surface area contributed by atoms with Crippen molar-refractivity contribution in [2.45, 2.75) is 0 Å². The first-order chi connectivity index (χ1) is 16.6. The van der Waals surface area contributed by atoms with Gasteiger partial charge in [0.05, 0.1) is 6.20 Å². The molecule has 1 N–H and O–H groups in total. The molecule has 10 nitrogen and oxygen atoms in total. The molecule has 0 spiro atoms. The summed E-state index contributed by atoms with van der Waals surface area (Å²) in [5.74, 6) is 0.165. The van der Waals surface area contributed by atoms with Gasteiger partial charge in [-0.15, -0.1) is 10.2 Å². The summed E-state index contributed by atoms with van der Waals surface area (Å²) in [7, 11) is 0. The number of rotatable bonds is 3. The van der Waals surface area contributed by atoms with Crippen LogP contribution in [0.15, 0.2) is 65.7 Å². The van der Waals surface area contributed by atoms with Gasteiger partial charge in [-0.1, -0.05) is 12.1 Å². The van der Waals surface area contributed by atoms with Gasteiger partial charge in [-0.25, -0.2) is 13.6 Å². The maximum Gasteiger partial charge on any atom is 0.299 e. The van der Waals surface area contributed by atoms with E-state index >= 15 is 0 Å². The molecule has 1 aliphatic rings. The van der Waals surface area contributed by atoms with Gasteiger partial charge in [-0.05, 0) is 42.0 Å². The molecule has 0 unspecified atom stereocenters. The van der Waals surface area contributed by atoms with Crippen LogP contribution >= 0.6 is 0 Å². The number of hydrogen-bond acceptors (Lipinski definition) is 7. The van der Waals surface area contributed by atoms with Crippen LogP contribution in [0.25, 0.3) is 27.8 Å². The molecule has 0 radical (unpaired) electrons. The Morgan fingerprint density at radius 3 is 2.62 bits per heavy atom. The van der Waals surface area contributed by atoms with Crippen LogP contribution in [0.4, 0.5) is 4.39 Å². The van der Waals surface area contributed by atoms with E-state index in [4.69, 9.17) is 9.47 Å². The van der Waals surface area contributed by atoms with Crippen LogP contribution in [0.3, 0.4) is 0 Å². The lowest BCUT2D eigenvalue weighted by atomic mass is 10.1. The summed E-state index contributed by atoms with van der Waals surface area (Å²) >= 11 is 0. The third-order valence-corrected chi connectivity index (χ3v) is 5.44. The van der Waals surface area contributed by atoms with Crippen molar-refractivity contribution in [3.05, 3.63) is 82.7 Å². The van der Waals surface area contributed by atoms with Crippen molar-refractivity contribution in [2.75, 3.05) is 18.6 Å². The summed E-state index contributed by atoms with van der Waals surface area (Å²) in [6.45, 7) is 0.840. The van der Waals surface area contributed by atoms with E-state index in [1.54, 1.807) is 42.6 Å². The molecule has 0 atom stereocenters. The highest BCUT2D eigenvalue weighted by Gasteiger charge is 2.18. The predicted octanol–water partition coefficient (Wildman–Crippen LogP) is 2.40. The number of halogens is 1. The highest BCUT2D eigenvalue weighted by Crippen LogP contribution is 2.30. The van der Waals surface area contributed by atoms with Gasteiger partial charge in [0.25, 0.3) is 11.5 Å². The molecule has 6 rings (SSSR count). The second kappa shape index (κ2) is 7.66. The van der Waals surface area contributed by atoms with Crippen LogP contribution in [-0.2, 0) is 0 Å². The highest BCUT2D eigenvalue weighted by molar-refractivity contribution is 6.00. The minimum atomic E-state index is -0.573. The lowest BCUT2D eigenvalue weighted by Gasteiger charge is -2.18. The molecule has 2 aromatic carbocycles. The molecule has 5 aromatic rings. The number of pyridine rings is 1. The maximum atomic E-state index is 13.3. The Bertz CT molecular complexity index is 1640. The van der Waals surface area contributed by atoms with E-state index < -0.39 is 11.5 Å². The molecule has 0 saturated heterocycles. The third kappa shape index (κ3) is 3.22. The number of nitrogens with zero attached hydrogens (tertiary/aromatic N) is 5. The first kappa shape index (κ1) is 19.9.